The lowest BCUT2D eigenvalue weighted by Crippen LogP contribution is -2.47. The second-order valence-corrected chi connectivity index (χ2v) is 7.10. The molecule has 8 heteroatoms. The average Bonchev–Trinajstić information content (AvgIpc) is 3.21. The highest BCUT2D eigenvalue weighted by Gasteiger charge is 2.46. The number of hydrogen-bond acceptors (Lipinski definition) is 4. The van der Waals surface area contributed by atoms with Gasteiger partial charge in [0.15, 0.2) is 0 Å². The first kappa shape index (κ1) is 16.6. The van der Waals surface area contributed by atoms with Crippen molar-refractivity contribution in [1.82, 2.24) is 15.5 Å². The van der Waals surface area contributed by atoms with Crippen molar-refractivity contribution in [1.29, 1.82) is 0 Å². The number of imide groups is 1. The Morgan fingerprint density at radius 2 is 1.85 bits per heavy atom. The number of nitrogens with zero attached hydrogens (tertiary/aromatic N) is 2. The van der Waals surface area contributed by atoms with Crippen molar-refractivity contribution in [2.45, 2.75) is 19.3 Å². The summed E-state index contributed by atoms with van der Waals surface area (Å²) in [5, 5.41) is 5.13. The molecule has 3 saturated heterocycles. The minimum Gasteiger partial charge on any atom is -0.356 e. The number of anilines is 1. The third-order valence-electron chi connectivity index (χ3n) is 5.46. The molecule has 2 N–H and O–H groups in total. The first-order valence-corrected chi connectivity index (χ1v) is 8.78. The van der Waals surface area contributed by atoms with Crippen LogP contribution in [0.2, 0.25) is 0 Å². The molecule has 0 saturated carbocycles. The molecule has 3 fully saturated rings. The highest BCUT2D eigenvalue weighted by atomic mass is 16.2. The second-order valence-electron chi connectivity index (χ2n) is 7.10. The second kappa shape index (κ2) is 6.12. The average molecular weight is 356 g/mol. The summed E-state index contributed by atoms with van der Waals surface area (Å²) in [5.41, 5.74) is 0.629. The standard InChI is InChI=1S/C18H20N4O4/c23-14-10-22(17(26)20-14)13-4-2-12(3-5-13)15(24)21-9-7-18(11-21)6-1-8-19-16(18)25/h2-5H,1,6-11H2,(H,19,25)(H,20,23,26)/t18-/m0/s1. The van der Waals surface area contributed by atoms with E-state index in [0.717, 1.165) is 12.8 Å². The molecule has 0 bridgehead atoms. The Labute approximate surface area is 150 Å². The fraction of sp³-hybridized carbons (Fsp3) is 0.444. The Balaban J connectivity index is 1.46. The number of piperidine rings is 1. The van der Waals surface area contributed by atoms with Gasteiger partial charge in [0.2, 0.25) is 11.8 Å². The van der Waals surface area contributed by atoms with Crippen LogP contribution in [-0.2, 0) is 9.59 Å². The quantitative estimate of drug-likeness (QED) is 0.753. The van der Waals surface area contributed by atoms with Crippen LogP contribution >= 0.6 is 0 Å². The summed E-state index contributed by atoms with van der Waals surface area (Å²) in [4.78, 5) is 51.1. The topological polar surface area (TPSA) is 98.8 Å². The number of rotatable bonds is 2. The molecule has 0 radical (unpaired) electrons. The molecule has 5 amide bonds. The summed E-state index contributed by atoms with van der Waals surface area (Å²) in [5.74, 6) is -0.406. The molecule has 3 heterocycles. The van der Waals surface area contributed by atoms with Crippen LogP contribution < -0.4 is 15.5 Å². The number of benzene rings is 1. The van der Waals surface area contributed by atoms with Crippen molar-refractivity contribution in [3.8, 4) is 0 Å². The molecule has 4 rings (SSSR count). The maximum atomic E-state index is 12.8. The smallest absolute Gasteiger partial charge is 0.329 e. The van der Waals surface area contributed by atoms with Gasteiger partial charge in [-0.05, 0) is 43.5 Å². The number of likely N-dealkylation sites (tertiary alicyclic amines) is 1. The van der Waals surface area contributed by atoms with Gasteiger partial charge in [-0.1, -0.05) is 0 Å². The Morgan fingerprint density at radius 3 is 2.50 bits per heavy atom. The zero-order chi connectivity index (χ0) is 18.3. The summed E-state index contributed by atoms with van der Waals surface area (Å²) in [7, 11) is 0. The first-order chi connectivity index (χ1) is 12.5. The maximum absolute atomic E-state index is 12.8. The van der Waals surface area contributed by atoms with Crippen molar-refractivity contribution >= 4 is 29.4 Å². The van der Waals surface area contributed by atoms with Crippen LogP contribution in [0.4, 0.5) is 10.5 Å². The molecule has 3 aliphatic heterocycles. The molecule has 1 aromatic carbocycles. The summed E-state index contributed by atoms with van der Waals surface area (Å²) in [6.45, 7) is 1.71. The number of hydrogen-bond donors (Lipinski definition) is 2. The summed E-state index contributed by atoms with van der Waals surface area (Å²) < 4.78 is 0. The van der Waals surface area contributed by atoms with Crippen molar-refractivity contribution in [3.63, 3.8) is 0 Å². The highest BCUT2D eigenvalue weighted by molar-refractivity contribution is 6.12. The van der Waals surface area contributed by atoms with E-state index >= 15 is 0 Å². The molecular formula is C18H20N4O4. The summed E-state index contributed by atoms with van der Waals surface area (Å²) >= 11 is 0. The van der Waals surface area contributed by atoms with Crippen molar-refractivity contribution in [2.75, 3.05) is 31.1 Å². The van der Waals surface area contributed by atoms with Gasteiger partial charge in [0.05, 0.1) is 5.41 Å². The number of carbonyl (C=O) groups is 4. The van der Waals surface area contributed by atoms with E-state index in [9.17, 15) is 19.2 Å². The SMILES string of the molecule is O=C1CN(c2ccc(C(=O)N3CC[C@@]4(CCCNC4=O)C3)cc2)C(=O)N1. The van der Waals surface area contributed by atoms with E-state index < -0.39 is 11.4 Å². The molecule has 136 valence electrons. The van der Waals surface area contributed by atoms with Gasteiger partial charge < -0.3 is 10.2 Å². The van der Waals surface area contributed by atoms with Crippen LogP contribution in [0.3, 0.4) is 0 Å². The fourth-order valence-electron chi connectivity index (χ4n) is 3.98. The van der Waals surface area contributed by atoms with E-state index in [-0.39, 0.29) is 24.3 Å². The van der Waals surface area contributed by atoms with E-state index in [1.54, 1.807) is 29.2 Å². The minimum absolute atomic E-state index is 0.0180. The van der Waals surface area contributed by atoms with Crippen LogP contribution in [0.15, 0.2) is 24.3 Å². The number of carbonyl (C=O) groups excluding carboxylic acids is 4. The van der Waals surface area contributed by atoms with Crippen LogP contribution in [0.1, 0.15) is 29.6 Å². The van der Waals surface area contributed by atoms with Gasteiger partial charge in [0, 0.05) is 30.9 Å². The fourth-order valence-corrected chi connectivity index (χ4v) is 3.98. The Bertz CT molecular complexity index is 791. The third-order valence-corrected chi connectivity index (χ3v) is 5.46. The predicted octanol–water partition coefficient (Wildman–Crippen LogP) is 0.485. The molecule has 1 aromatic rings. The largest absolute Gasteiger partial charge is 0.356 e. The third kappa shape index (κ3) is 2.71. The van der Waals surface area contributed by atoms with E-state index in [1.807, 2.05) is 0 Å². The van der Waals surface area contributed by atoms with Crippen molar-refractivity contribution in [3.05, 3.63) is 29.8 Å². The van der Waals surface area contributed by atoms with Gasteiger partial charge >= 0.3 is 6.03 Å². The Morgan fingerprint density at radius 1 is 1.08 bits per heavy atom. The van der Waals surface area contributed by atoms with Crippen LogP contribution in [-0.4, -0.2) is 54.8 Å². The lowest BCUT2D eigenvalue weighted by Gasteiger charge is -2.32. The van der Waals surface area contributed by atoms with E-state index in [4.69, 9.17) is 0 Å². The molecule has 0 aromatic heterocycles. The summed E-state index contributed by atoms with van der Waals surface area (Å²) in [6, 6.07) is 6.16. The minimum atomic E-state index is -0.459. The zero-order valence-electron chi connectivity index (χ0n) is 14.3. The Hall–Kier alpha value is -2.90. The molecule has 26 heavy (non-hydrogen) atoms. The number of amides is 5. The molecule has 1 spiro atoms. The van der Waals surface area contributed by atoms with E-state index in [2.05, 4.69) is 10.6 Å². The van der Waals surface area contributed by atoms with E-state index in [0.29, 0.717) is 37.3 Å². The lowest BCUT2D eigenvalue weighted by molar-refractivity contribution is -0.132. The summed E-state index contributed by atoms with van der Waals surface area (Å²) in [6.07, 6.45) is 2.46. The van der Waals surface area contributed by atoms with Gasteiger partial charge in [0.1, 0.15) is 6.54 Å². The molecule has 8 nitrogen and oxygen atoms in total. The Kier molecular flexibility index (Phi) is 3.90. The molecule has 0 aliphatic carbocycles. The van der Waals surface area contributed by atoms with Crippen LogP contribution in [0.5, 0.6) is 0 Å². The number of nitrogens with one attached hydrogen (secondary N) is 2. The zero-order valence-corrected chi connectivity index (χ0v) is 14.3. The van der Waals surface area contributed by atoms with E-state index in [1.165, 1.54) is 4.90 Å². The van der Waals surface area contributed by atoms with Crippen LogP contribution in [0, 0.1) is 5.41 Å². The molecular weight excluding hydrogens is 336 g/mol. The van der Waals surface area contributed by atoms with Gasteiger partial charge in [-0.25, -0.2) is 4.79 Å². The van der Waals surface area contributed by atoms with Gasteiger partial charge in [-0.15, -0.1) is 0 Å². The first-order valence-electron chi connectivity index (χ1n) is 8.78. The normalized spacial score (nSPS) is 25.6. The van der Waals surface area contributed by atoms with Gasteiger partial charge in [-0.3, -0.25) is 24.6 Å². The number of urea groups is 1. The molecule has 1 atom stereocenters. The lowest BCUT2D eigenvalue weighted by atomic mass is 9.79. The van der Waals surface area contributed by atoms with Crippen LogP contribution in [0.25, 0.3) is 0 Å². The van der Waals surface area contributed by atoms with Crippen molar-refractivity contribution in [2.24, 2.45) is 5.41 Å². The molecule has 3 aliphatic rings. The predicted molar refractivity (Wildman–Crippen MR) is 92.5 cm³/mol. The maximum Gasteiger partial charge on any atom is 0.329 e. The van der Waals surface area contributed by atoms with Gasteiger partial charge in [-0.2, -0.15) is 0 Å². The van der Waals surface area contributed by atoms with Crippen molar-refractivity contribution < 1.29 is 19.2 Å². The molecule has 0 unspecified atom stereocenters. The monoisotopic (exact) mass is 356 g/mol. The van der Waals surface area contributed by atoms with Gasteiger partial charge in [0.25, 0.3) is 5.91 Å². The highest BCUT2D eigenvalue weighted by Crippen LogP contribution is 2.37.